The maximum atomic E-state index is 12.8. The molecular formula is C18H22BrN3O2. The number of amides is 1. The van der Waals surface area contributed by atoms with Crippen LogP contribution in [-0.2, 0) is 6.54 Å². The van der Waals surface area contributed by atoms with Gasteiger partial charge in [0.05, 0.1) is 11.3 Å². The topological polar surface area (TPSA) is 49.6 Å². The number of nitrogens with zero attached hydrogens (tertiary/aromatic N) is 3. The minimum atomic E-state index is 0.0988. The zero-order valence-corrected chi connectivity index (χ0v) is 15.7. The summed E-state index contributed by atoms with van der Waals surface area (Å²) >= 11 is 3.48. The van der Waals surface area contributed by atoms with Crippen molar-refractivity contribution in [1.82, 2.24) is 15.0 Å². The van der Waals surface area contributed by atoms with Gasteiger partial charge in [0.15, 0.2) is 0 Å². The van der Waals surface area contributed by atoms with Crippen LogP contribution in [0.25, 0.3) is 0 Å². The Morgan fingerprint density at radius 3 is 2.71 bits per heavy atom. The lowest BCUT2D eigenvalue weighted by molar-refractivity contribution is 0.0760. The third-order valence-electron chi connectivity index (χ3n) is 4.54. The highest BCUT2D eigenvalue weighted by molar-refractivity contribution is 9.10. The number of carbonyl (C=O) groups is 1. The van der Waals surface area contributed by atoms with Crippen molar-refractivity contribution < 1.29 is 9.32 Å². The van der Waals surface area contributed by atoms with E-state index in [4.69, 9.17) is 4.52 Å². The second-order valence-corrected chi connectivity index (χ2v) is 7.06. The maximum absolute atomic E-state index is 12.8. The van der Waals surface area contributed by atoms with Gasteiger partial charge in [-0.05, 0) is 48.3 Å². The van der Waals surface area contributed by atoms with Gasteiger partial charge in [0.2, 0.25) is 0 Å². The van der Waals surface area contributed by atoms with Crippen LogP contribution in [-0.4, -0.2) is 47.0 Å². The van der Waals surface area contributed by atoms with Gasteiger partial charge in [0.25, 0.3) is 5.91 Å². The third-order valence-corrected chi connectivity index (χ3v) is 5.23. The van der Waals surface area contributed by atoms with E-state index in [1.165, 1.54) is 5.56 Å². The van der Waals surface area contributed by atoms with Crippen LogP contribution >= 0.6 is 15.9 Å². The predicted molar refractivity (Wildman–Crippen MR) is 95.9 cm³/mol. The molecule has 1 fully saturated rings. The molecule has 1 aliphatic rings. The first-order valence-electron chi connectivity index (χ1n) is 8.24. The molecule has 0 spiro atoms. The van der Waals surface area contributed by atoms with Gasteiger partial charge in [-0.25, -0.2) is 0 Å². The molecule has 3 rings (SSSR count). The predicted octanol–water partition coefficient (Wildman–Crippen LogP) is 3.40. The molecule has 24 heavy (non-hydrogen) atoms. The van der Waals surface area contributed by atoms with Crippen LogP contribution in [0.15, 0.2) is 33.3 Å². The molecule has 0 atom stereocenters. The Bertz CT molecular complexity index is 709. The fourth-order valence-electron chi connectivity index (χ4n) is 3.09. The Morgan fingerprint density at radius 2 is 2.00 bits per heavy atom. The number of carbonyl (C=O) groups excluding carboxylic acids is 1. The van der Waals surface area contributed by atoms with Crippen LogP contribution in [0, 0.1) is 13.8 Å². The van der Waals surface area contributed by atoms with Crippen molar-refractivity contribution in [3.05, 3.63) is 51.3 Å². The Balaban J connectivity index is 1.65. The molecule has 6 heteroatoms. The highest BCUT2D eigenvalue weighted by Gasteiger charge is 2.22. The van der Waals surface area contributed by atoms with Gasteiger partial charge in [-0.15, -0.1) is 0 Å². The largest absolute Gasteiger partial charge is 0.361 e. The van der Waals surface area contributed by atoms with E-state index in [2.05, 4.69) is 26.0 Å². The van der Waals surface area contributed by atoms with Crippen molar-refractivity contribution in [3.8, 4) is 0 Å². The van der Waals surface area contributed by atoms with Gasteiger partial charge in [-0.1, -0.05) is 17.3 Å². The van der Waals surface area contributed by atoms with Gasteiger partial charge in [0.1, 0.15) is 5.76 Å². The van der Waals surface area contributed by atoms with Gasteiger partial charge in [0, 0.05) is 42.8 Å². The lowest BCUT2D eigenvalue weighted by Gasteiger charge is -2.22. The fourth-order valence-corrected chi connectivity index (χ4v) is 3.54. The monoisotopic (exact) mass is 391 g/mol. The molecule has 1 aliphatic heterocycles. The second kappa shape index (κ2) is 7.49. The first-order chi connectivity index (χ1) is 11.6. The number of halogens is 1. The first-order valence-corrected chi connectivity index (χ1v) is 9.03. The van der Waals surface area contributed by atoms with E-state index < -0.39 is 0 Å². The Morgan fingerprint density at radius 1 is 1.21 bits per heavy atom. The second-order valence-electron chi connectivity index (χ2n) is 6.20. The van der Waals surface area contributed by atoms with E-state index >= 15 is 0 Å². The summed E-state index contributed by atoms with van der Waals surface area (Å²) in [7, 11) is 0. The number of hydrogen-bond acceptors (Lipinski definition) is 4. The van der Waals surface area contributed by atoms with Crippen LogP contribution < -0.4 is 0 Å². The number of aromatic nitrogens is 1. The molecule has 0 saturated carbocycles. The zero-order valence-electron chi connectivity index (χ0n) is 14.1. The zero-order chi connectivity index (χ0) is 17.1. The van der Waals surface area contributed by atoms with Crippen molar-refractivity contribution in [2.75, 3.05) is 26.2 Å². The molecule has 2 heterocycles. The third kappa shape index (κ3) is 3.70. The molecule has 0 aliphatic carbocycles. The highest BCUT2D eigenvalue weighted by atomic mass is 79.9. The Labute approximate surface area is 150 Å². The summed E-state index contributed by atoms with van der Waals surface area (Å²) in [4.78, 5) is 17.1. The number of aryl methyl sites for hydroxylation is 2. The van der Waals surface area contributed by atoms with E-state index in [1.54, 1.807) is 0 Å². The van der Waals surface area contributed by atoms with Crippen molar-refractivity contribution in [1.29, 1.82) is 0 Å². The number of hydrogen-bond donors (Lipinski definition) is 0. The van der Waals surface area contributed by atoms with Gasteiger partial charge in [-0.2, -0.15) is 0 Å². The summed E-state index contributed by atoms with van der Waals surface area (Å²) in [6.45, 7) is 8.13. The first kappa shape index (κ1) is 17.2. The van der Waals surface area contributed by atoms with Crippen LogP contribution in [0.3, 0.4) is 0 Å². The molecule has 128 valence electrons. The number of benzene rings is 1. The minimum absolute atomic E-state index is 0.0988. The smallest absolute Gasteiger partial charge is 0.255 e. The van der Waals surface area contributed by atoms with Crippen molar-refractivity contribution in [3.63, 3.8) is 0 Å². The van der Waals surface area contributed by atoms with E-state index in [0.717, 1.165) is 60.6 Å². The lowest BCUT2D eigenvalue weighted by atomic mass is 10.2. The standard InChI is InChI=1S/C18H22BrN3O2/c1-13-16(14(2)24-20-13)12-21-8-5-9-22(11-10-21)18(23)15-6-3-4-7-17(15)19/h3-4,6-7H,5,8-12H2,1-2H3. The Hall–Kier alpha value is -1.66. The summed E-state index contributed by atoms with van der Waals surface area (Å²) in [6, 6.07) is 7.61. The van der Waals surface area contributed by atoms with E-state index in [0.29, 0.717) is 0 Å². The summed E-state index contributed by atoms with van der Waals surface area (Å²) in [5, 5.41) is 4.03. The lowest BCUT2D eigenvalue weighted by Crippen LogP contribution is -2.35. The fraction of sp³-hybridized carbons (Fsp3) is 0.444. The van der Waals surface area contributed by atoms with Gasteiger partial charge < -0.3 is 9.42 Å². The van der Waals surface area contributed by atoms with Gasteiger partial charge in [-0.3, -0.25) is 9.69 Å². The Kier molecular flexibility index (Phi) is 5.36. The summed E-state index contributed by atoms with van der Waals surface area (Å²) in [5.41, 5.74) is 2.86. The maximum Gasteiger partial charge on any atom is 0.255 e. The van der Waals surface area contributed by atoms with Crippen molar-refractivity contribution >= 4 is 21.8 Å². The van der Waals surface area contributed by atoms with E-state index in [1.807, 2.05) is 43.0 Å². The summed E-state index contributed by atoms with van der Waals surface area (Å²) in [5.74, 6) is 0.986. The molecule has 0 unspecified atom stereocenters. The molecular weight excluding hydrogens is 370 g/mol. The van der Waals surface area contributed by atoms with Crippen LogP contribution in [0.1, 0.15) is 33.8 Å². The van der Waals surface area contributed by atoms with Crippen molar-refractivity contribution in [2.24, 2.45) is 0 Å². The SMILES string of the molecule is Cc1noc(C)c1CN1CCCN(C(=O)c2ccccc2Br)CC1. The molecule has 1 aromatic carbocycles. The molecule has 0 N–H and O–H groups in total. The highest BCUT2D eigenvalue weighted by Crippen LogP contribution is 2.20. The number of rotatable bonds is 3. The summed E-state index contributed by atoms with van der Waals surface area (Å²) in [6.07, 6.45) is 0.972. The quantitative estimate of drug-likeness (QED) is 0.804. The van der Waals surface area contributed by atoms with Crippen LogP contribution in [0.5, 0.6) is 0 Å². The van der Waals surface area contributed by atoms with Gasteiger partial charge >= 0.3 is 0 Å². The average Bonchev–Trinajstić information content (AvgIpc) is 2.78. The molecule has 5 nitrogen and oxygen atoms in total. The molecule has 1 aromatic heterocycles. The molecule has 2 aromatic rings. The van der Waals surface area contributed by atoms with Crippen LogP contribution in [0.4, 0.5) is 0 Å². The normalized spacial score (nSPS) is 16.2. The average molecular weight is 392 g/mol. The van der Waals surface area contributed by atoms with Crippen molar-refractivity contribution in [2.45, 2.75) is 26.8 Å². The molecule has 1 saturated heterocycles. The minimum Gasteiger partial charge on any atom is -0.361 e. The molecule has 1 amide bonds. The van der Waals surface area contributed by atoms with Crippen LogP contribution in [0.2, 0.25) is 0 Å². The molecule has 0 radical (unpaired) electrons. The van der Waals surface area contributed by atoms with E-state index in [9.17, 15) is 4.79 Å². The molecule has 0 bridgehead atoms. The summed E-state index contributed by atoms with van der Waals surface area (Å²) < 4.78 is 6.11. The van der Waals surface area contributed by atoms with E-state index in [-0.39, 0.29) is 5.91 Å².